The van der Waals surface area contributed by atoms with Gasteiger partial charge >= 0.3 is 17.1 Å². The summed E-state index contributed by atoms with van der Waals surface area (Å²) in [5.74, 6) is 3.61. The Labute approximate surface area is 174 Å². The van der Waals surface area contributed by atoms with Crippen LogP contribution in [0.15, 0.2) is 27.0 Å². The molecule has 7 nitrogen and oxygen atoms in total. The van der Waals surface area contributed by atoms with Crippen molar-refractivity contribution in [3.8, 4) is 0 Å². The molecule has 0 aromatic carbocycles. The van der Waals surface area contributed by atoms with Gasteiger partial charge in [0.1, 0.15) is 0 Å². The molecule has 0 aliphatic carbocycles. The normalized spacial score (nSPS) is 11.1. The van der Waals surface area contributed by atoms with Crippen LogP contribution in [-0.4, -0.2) is 48.4 Å². The number of allylic oxidation sites excluding steroid dienone is 1. The molecule has 0 bridgehead atoms. The summed E-state index contributed by atoms with van der Waals surface area (Å²) in [5.41, 5.74) is -1.64. The molecule has 9 heteroatoms. The average molecular weight is 432 g/mol. The van der Waals surface area contributed by atoms with Crippen molar-refractivity contribution < 1.29 is 5.11 Å². The molecule has 0 spiro atoms. The van der Waals surface area contributed by atoms with E-state index in [2.05, 4.69) is 13.5 Å². The number of aliphatic hydroxyl groups is 1. The molecular formula is C19H33N3O4S2. The molecule has 0 saturated carbocycles. The van der Waals surface area contributed by atoms with Gasteiger partial charge in [0.25, 0.3) is 0 Å². The Bertz CT molecular complexity index is 701. The van der Waals surface area contributed by atoms with E-state index in [1.807, 2.05) is 11.8 Å². The summed E-state index contributed by atoms with van der Waals surface area (Å²) in [6.07, 6.45) is 5.92. The quantitative estimate of drug-likeness (QED) is 0.317. The van der Waals surface area contributed by atoms with E-state index in [1.165, 1.54) is 15.2 Å². The highest BCUT2D eigenvalue weighted by atomic mass is 32.2. The molecule has 28 heavy (non-hydrogen) atoms. The molecule has 1 aromatic rings. The maximum absolute atomic E-state index is 12.7. The van der Waals surface area contributed by atoms with Gasteiger partial charge in [0.2, 0.25) is 0 Å². The lowest BCUT2D eigenvalue weighted by Gasteiger charge is -2.13. The van der Waals surface area contributed by atoms with Crippen molar-refractivity contribution in [1.82, 2.24) is 13.7 Å². The SMILES string of the molecule is C=CCn1c(=O)n(CCCSCCCC)c(=O)n(CCCSCCCO)c1=O. The largest absolute Gasteiger partial charge is 0.396 e. The molecule has 1 aromatic heterocycles. The van der Waals surface area contributed by atoms with Crippen molar-refractivity contribution in [2.75, 3.05) is 29.6 Å². The van der Waals surface area contributed by atoms with Crippen LogP contribution < -0.4 is 17.1 Å². The van der Waals surface area contributed by atoms with Gasteiger partial charge in [0, 0.05) is 19.7 Å². The Morgan fingerprint density at radius 3 is 1.75 bits per heavy atom. The van der Waals surface area contributed by atoms with Crippen molar-refractivity contribution in [2.24, 2.45) is 0 Å². The van der Waals surface area contributed by atoms with E-state index in [4.69, 9.17) is 5.11 Å². The molecule has 0 saturated heterocycles. The maximum Gasteiger partial charge on any atom is 0.336 e. The second kappa shape index (κ2) is 14.8. The van der Waals surface area contributed by atoms with Gasteiger partial charge in [0.05, 0.1) is 6.54 Å². The van der Waals surface area contributed by atoms with E-state index in [1.54, 1.807) is 11.8 Å². The number of nitrogens with zero attached hydrogens (tertiary/aromatic N) is 3. The van der Waals surface area contributed by atoms with Crippen LogP contribution in [0.5, 0.6) is 0 Å². The number of thioether (sulfide) groups is 2. The number of rotatable bonds is 16. The fourth-order valence-corrected chi connectivity index (χ4v) is 4.52. The maximum atomic E-state index is 12.7. The molecule has 0 amide bonds. The lowest BCUT2D eigenvalue weighted by molar-refractivity contribution is 0.296. The second-order valence-electron chi connectivity index (χ2n) is 6.41. The number of hydrogen-bond acceptors (Lipinski definition) is 6. The van der Waals surface area contributed by atoms with Gasteiger partial charge < -0.3 is 5.11 Å². The van der Waals surface area contributed by atoms with Gasteiger partial charge in [-0.05, 0) is 48.7 Å². The van der Waals surface area contributed by atoms with Crippen molar-refractivity contribution in [3.05, 3.63) is 44.1 Å². The van der Waals surface area contributed by atoms with Crippen molar-refractivity contribution in [1.29, 1.82) is 0 Å². The monoisotopic (exact) mass is 431 g/mol. The van der Waals surface area contributed by atoms with Crippen LogP contribution in [0.25, 0.3) is 0 Å². The minimum Gasteiger partial charge on any atom is -0.396 e. The smallest absolute Gasteiger partial charge is 0.336 e. The van der Waals surface area contributed by atoms with Gasteiger partial charge in [-0.25, -0.2) is 28.1 Å². The topological polar surface area (TPSA) is 86.2 Å². The second-order valence-corrected chi connectivity index (χ2v) is 8.86. The minimum absolute atomic E-state index is 0.0917. The van der Waals surface area contributed by atoms with Crippen LogP contribution in [0.3, 0.4) is 0 Å². The number of aliphatic hydroxyl groups excluding tert-OH is 1. The fourth-order valence-electron chi connectivity index (χ4n) is 2.62. The standard InChI is InChI=1S/C19H33N3O4S2/c1-3-5-13-27-14-6-10-21-17(24)20(9-4-2)18(25)22(19(21)26)11-7-15-28-16-8-12-23/h4,23H,2-3,5-16H2,1H3. The van der Waals surface area contributed by atoms with Gasteiger partial charge in [-0.1, -0.05) is 19.4 Å². The Morgan fingerprint density at radius 1 is 0.821 bits per heavy atom. The van der Waals surface area contributed by atoms with Crippen LogP contribution in [-0.2, 0) is 19.6 Å². The first-order valence-corrected chi connectivity index (χ1v) is 12.2. The highest BCUT2D eigenvalue weighted by Gasteiger charge is 2.14. The first-order valence-electron chi connectivity index (χ1n) is 9.90. The van der Waals surface area contributed by atoms with Crippen LogP contribution in [0, 0.1) is 0 Å². The lowest BCUT2D eigenvalue weighted by atomic mass is 10.4. The summed E-state index contributed by atoms with van der Waals surface area (Å²) in [4.78, 5) is 37.9. The molecule has 0 aliphatic heterocycles. The summed E-state index contributed by atoms with van der Waals surface area (Å²) in [6.45, 7) is 6.62. The van der Waals surface area contributed by atoms with Crippen LogP contribution in [0.2, 0.25) is 0 Å². The van der Waals surface area contributed by atoms with E-state index < -0.39 is 17.1 Å². The van der Waals surface area contributed by atoms with Crippen LogP contribution >= 0.6 is 23.5 Å². The van der Waals surface area contributed by atoms with Gasteiger partial charge in [-0.2, -0.15) is 23.5 Å². The Balaban J connectivity index is 2.88. The third kappa shape index (κ3) is 8.05. The first kappa shape index (κ1) is 24.8. The fraction of sp³-hybridized carbons (Fsp3) is 0.737. The highest BCUT2D eigenvalue weighted by Crippen LogP contribution is 2.06. The van der Waals surface area contributed by atoms with Gasteiger partial charge in [-0.15, -0.1) is 6.58 Å². The van der Waals surface area contributed by atoms with E-state index in [0.717, 1.165) is 46.8 Å². The summed E-state index contributed by atoms with van der Waals surface area (Å²) in [7, 11) is 0. The van der Waals surface area contributed by atoms with Gasteiger partial charge in [0.15, 0.2) is 0 Å². The number of unbranched alkanes of at least 4 members (excludes halogenated alkanes) is 1. The average Bonchev–Trinajstić information content (AvgIpc) is 2.69. The number of aromatic nitrogens is 3. The van der Waals surface area contributed by atoms with Crippen molar-refractivity contribution in [2.45, 2.75) is 58.7 Å². The lowest BCUT2D eigenvalue weighted by Crippen LogP contribution is -2.54. The zero-order chi connectivity index (χ0) is 20.8. The first-order chi connectivity index (χ1) is 13.6. The zero-order valence-corrected chi connectivity index (χ0v) is 18.4. The molecule has 160 valence electrons. The summed E-state index contributed by atoms with van der Waals surface area (Å²) >= 11 is 3.51. The molecule has 0 atom stereocenters. The third-order valence-corrected chi connectivity index (χ3v) is 6.44. The van der Waals surface area contributed by atoms with E-state index in [9.17, 15) is 14.4 Å². The molecule has 1 rings (SSSR count). The number of hydrogen-bond donors (Lipinski definition) is 1. The molecular weight excluding hydrogens is 398 g/mol. The molecule has 0 unspecified atom stereocenters. The summed E-state index contributed by atoms with van der Waals surface area (Å²) in [5, 5.41) is 8.80. The molecule has 1 N–H and O–H groups in total. The van der Waals surface area contributed by atoms with Crippen molar-refractivity contribution in [3.63, 3.8) is 0 Å². The summed E-state index contributed by atoms with van der Waals surface area (Å²) in [6, 6.07) is 0. The molecule has 1 heterocycles. The van der Waals surface area contributed by atoms with Crippen LogP contribution in [0.1, 0.15) is 39.0 Å². The molecule has 0 radical (unpaired) electrons. The van der Waals surface area contributed by atoms with E-state index >= 15 is 0 Å². The van der Waals surface area contributed by atoms with E-state index in [0.29, 0.717) is 19.4 Å². The molecule has 0 fully saturated rings. The highest BCUT2D eigenvalue weighted by molar-refractivity contribution is 7.99. The minimum atomic E-state index is -0.566. The van der Waals surface area contributed by atoms with E-state index in [-0.39, 0.29) is 19.7 Å². The zero-order valence-electron chi connectivity index (χ0n) is 16.8. The Hall–Kier alpha value is -1.19. The Morgan fingerprint density at radius 2 is 1.29 bits per heavy atom. The van der Waals surface area contributed by atoms with Gasteiger partial charge in [-0.3, -0.25) is 0 Å². The molecule has 0 aliphatic rings. The summed E-state index contributed by atoms with van der Waals surface area (Å²) < 4.78 is 3.43. The predicted molar refractivity (Wildman–Crippen MR) is 120 cm³/mol. The Kier molecular flexibility index (Phi) is 13.1. The third-order valence-electron chi connectivity index (χ3n) is 4.13. The van der Waals surface area contributed by atoms with Crippen molar-refractivity contribution >= 4 is 23.5 Å². The predicted octanol–water partition coefficient (Wildman–Crippen LogP) is 1.79. The van der Waals surface area contributed by atoms with Crippen LogP contribution in [0.4, 0.5) is 0 Å².